The van der Waals surface area contributed by atoms with Crippen LogP contribution in [0.4, 0.5) is 5.69 Å². The lowest BCUT2D eigenvalue weighted by molar-refractivity contribution is -0.384. The minimum Gasteiger partial charge on any atom is -0.327 e. The van der Waals surface area contributed by atoms with Gasteiger partial charge in [-0.2, -0.15) is 0 Å². The molecule has 0 unspecified atom stereocenters. The molecule has 0 aliphatic rings. The van der Waals surface area contributed by atoms with Crippen LogP contribution in [-0.4, -0.2) is 14.5 Å². The number of nitro groups is 1. The number of nitro benzene ring substituents is 1. The van der Waals surface area contributed by atoms with Crippen molar-refractivity contribution in [3.8, 4) is 11.3 Å². The Bertz CT molecular complexity index is 1240. The fourth-order valence-corrected chi connectivity index (χ4v) is 3.72. The van der Waals surface area contributed by atoms with Gasteiger partial charge in [0.2, 0.25) is 0 Å². The van der Waals surface area contributed by atoms with Crippen molar-refractivity contribution < 1.29 is 4.92 Å². The standard InChI is InChI=1S/C26H23Cl2N3O2/c1-3-5-7-20(6-4-2)17-30-18-25(23-14-11-21(27)16-24(23)28)29-26(30)15-10-19-8-12-22(13-9-19)31(32)33/h3-5,7-16,18H,2,6,17H2,1H3/b5-3+,15-10+,20-7+. The summed E-state index contributed by atoms with van der Waals surface area (Å²) in [5, 5.41) is 12.0. The number of nitrogens with zero attached hydrogens (tertiary/aromatic N) is 3. The molecule has 5 nitrogen and oxygen atoms in total. The highest BCUT2D eigenvalue weighted by atomic mass is 35.5. The predicted molar refractivity (Wildman–Crippen MR) is 137 cm³/mol. The van der Waals surface area contributed by atoms with Crippen LogP contribution < -0.4 is 0 Å². The van der Waals surface area contributed by atoms with Crippen molar-refractivity contribution in [3.05, 3.63) is 117 Å². The molecule has 3 rings (SSSR count). The van der Waals surface area contributed by atoms with Crippen molar-refractivity contribution in [3.63, 3.8) is 0 Å². The number of halogens is 2. The highest BCUT2D eigenvalue weighted by Crippen LogP contribution is 2.30. The molecule has 0 saturated carbocycles. The Morgan fingerprint density at radius 3 is 2.58 bits per heavy atom. The summed E-state index contributed by atoms with van der Waals surface area (Å²) in [5.74, 6) is 0.727. The number of imidazole rings is 1. The SMILES string of the molecule is C=CC/C(=C\C=C\C)Cn1cc(-c2ccc(Cl)cc2Cl)nc1/C=C/c1ccc([N+](=O)[O-])cc1. The third-order valence-corrected chi connectivity index (χ3v) is 5.40. The van der Waals surface area contributed by atoms with E-state index in [1.54, 1.807) is 24.3 Å². The zero-order chi connectivity index (χ0) is 23.8. The second-order valence-electron chi connectivity index (χ2n) is 7.26. The van der Waals surface area contributed by atoms with Crippen LogP contribution in [0.15, 0.2) is 85.1 Å². The highest BCUT2D eigenvalue weighted by molar-refractivity contribution is 6.36. The summed E-state index contributed by atoms with van der Waals surface area (Å²) in [4.78, 5) is 15.3. The Morgan fingerprint density at radius 1 is 1.18 bits per heavy atom. The van der Waals surface area contributed by atoms with E-state index in [1.165, 1.54) is 17.7 Å². The molecule has 1 aromatic heterocycles. The molecule has 33 heavy (non-hydrogen) atoms. The summed E-state index contributed by atoms with van der Waals surface area (Å²) < 4.78 is 2.04. The average Bonchev–Trinajstić information content (AvgIpc) is 3.18. The van der Waals surface area contributed by atoms with Crippen LogP contribution >= 0.6 is 23.2 Å². The lowest BCUT2D eigenvalue weighted by Gasteiger charge is -2.08. The Labute approximate surface area is 203 Å². The highest BCUT2D eigenvalue weighted by Gasteiger charge is 2.12. The van der Waals surface area contributed by atoms with Gasteiger partial charge >= 0.3 is 0 Å². The number of non-ortho nitro benzene ring substituents is 1. The number of hydrogen-bond donors (Lipinski definition) is 0. The van der Waals surface area contributed by atoms with Crippen molar-refractivity contribution in [2.24, 2.45) is 0 Å². The van der Waals surface area contributed by atoms with Crippen molar-refractivity contribution in [1.29, 1.82) is 0 Å². The van der Waals surface area contributed by atoms with Gasteiger partial charge in [0, 0.05) is 35.5 Å². The van der Waals surface area contributed by atoms with Crippen LogP contribution in [0.2, 0.25) is 10.0 Å². The number of rotatable bonds is 9. The second kappa shape index (κ2) is 11.5. The quantitative estimate of drug-likeness (QED) is 0.135. The largest absolute Gasteiger partial charge is 0.327 e. The molecule has 0 radical (unpaired) electrons. The zero-order valence-corrected chi connectivity index (χ0v) is 19.6. The lowest BCUT2D eigenvalue weighted by atomic mass is 10.1. The summed E-state index contributed by atoms with van der Waals surface area (Å²) in [6.07, 6.45) is 14.4. The van der Waals surface area contributed by atoms with Crippen LogP contribution in [0.1, 0.15) is 24.7 Å². The molecule has 168 valence electrons. The minimum atomic E-state index is -0.416. The molecule has 7 heteroatoms. The first-order valence-corrected chi connectivity index (χ1v) is 11.0. The number of hydrogen-bond acceptors (Lipinski definition) is 3. The van der Waals surface area contributed by atoms with Crippen molar-refractivity contribution in [2.75, 3.05) is 0 Å². The van der Waals surface area contributed by atoms with Gasteiger partial charge in [0.1, 0.15) is 5.82 Å². The minimum absolute atomic E-state index is 0.0523. The van der Waals surface area contributed by atoms with Gasteiger partial charge in [0.25, 0.3) is 5.69 Å². The van der Waals surface area contributed by atoms with Gasteiger partial charge in [-0.1, -0.05) is 53.6 Å². The van der Waals surface area contributed by atoms with Crippen molar-refractivity contribution in [1.82, 2.24) is 9.55 Å². The molecule has 2 aromatic carbocycles. The van der Waals surface area contributed by atoms with Gasteiger partial charge in [-0.3, -0.25) is 10.1 Å². The van der Waals surface area contributed by atoms with E-state index >= 15 is 0 Å². The first-order chi connectivity index (χ1) is 15.9. The molecule has 0 spiro atoms. The smallest absolute Gasteiger partial charge is 0.269 e. The third kappa shape index (κ3) is 6.54. The van der Waals surface area contributed by atoms with E-state index in [2.05, 4.69) is 12.7 Å². The predicted octanol–water partition coefficient (Wildman–Crippen LogP) is 8.01. The van der Waals surface area contributed by atoms with Gasteiger partial charge in [-0.15, -0.1) is 6.58 Å². The van der Waals surface area contributed by atoms with E-state index < -0.39 is 4.92 Å². The molecule has 0 bridgehead atoms. The Kier molecular flexibility index (Phi) is 8.41. The maximum atomic E-state index is 10.9. The molecule has 3 aromatic rings. The van der Waals surface area contributed by atoms with Crippen molar-refractivity contribution in [2.45, 2.75) is 19.9 Å². The number of benzene rings is 2. The third-order valence-electron chi connectivity index (χ3n) is 4.85. The Balaban J connectivity index is 2.01. The molecule has 0 fully saturated rings. The topological polar surface area (TPSA) is 61.0 Å². The summed E-state index contributed by atoms with van der Waals surface area (Å²) >= 11 is 12.5. The Morgan fingerprint density at radius 2 is 1.94 bits per heavy atom. The van der Waals surface area contributed by atoms with Crippen LogP contribution in [0.25, 0.3) is 23.4 Å². The summed E-state index contributed by atoms with van der Waals surface area (Å²) in [5.41, 5.74) is 3.56. The average molecular weight is 480 g/mol. The van der Waals surface area contributed by atoms with Crippen LogP contribution in [0.3, 0.4) is 0 Å². The van der Waals surface area contributed by atoms with Gasteiger partial charge in [0.15, 0.2) is 0 Å². The molecular formula is C26H23Cl2N3O2. The molecule has 0 amide bonds. The molecule has 0 saturated heterocycles. The van der Waals surface area contributed by atoms with E-state index in [1.807, 2.05) is 54.1 Å². The van der Waals surface area contributed by atoms with Gasteiger partial charge in [0.05, 0.1) is 15.6 Å². The van der Waals surface area contributed by atoms with Crippen LogP contribution in [0.5, 0.6) is 0 Å². The normalized spacial score (nSPS) is 12.0. The summed E-state index contributed by atoms with van der Waals surface area (Å²) in [6.45, 7) is 6.45. The molecule has 0 aliphatic carbocycles. The summed E-state index contributed by atoms with van der Waals surface area (Å²) in [6, 6.07) is 11.7. The molecular weight excluding hydrogens is 457 g/mol. The first kappa shape index (κ1) is 24.2. The lowest BCUT2D eigenvalue weighted by Crippen LogP contribution is -2.02. The van der Waals surface area contributed by atoms with Gasteiger partial charge < -0.3 is 4.57 Å². The van der Waals surface area contributed by atoms with Gasteiger partial charge in [-0.05, 0) is 60.9 Å². The van der Waals surface area contributed by atoms with E-state index in [0.29, 0.717) is 16.6 Å². The maximum Gasteiger partial charge on any atom is 0.269 e. The monoisotopic (exact) mass is 479 g/mol. The molecule has 0 aliphatic heterocycles. The molecule has 1 heterocycles. The zero-order valence-electron chi connectivity index (χ0n) is 18.1. The number of allylic oxidation sites excluding steroid dienone is 5. The summed E-state index contributed by atoms with van der Waals surface area (Å²) in [7, 11) is 0. The molecule has 0 atom stereocenters. The maximum absolute atomic E-state index is 10.9. The fraction of sp³-hybridized carbons (Fsp3) is 0.115. The number of aromatic nitrogens is 2. The van der Waals surface area contributed by atoms with Crippen LogP contribution in [0, 0.1) is 10.1 Å². The van der Waals surface area contributed by atoms with Crippen LogP contribution in [-0.2, 0) is 6.54 Å². The Hall–Kier alpha value is -3.41. The van der Waals surface area contributed by atoms with Gasteiger partial charge in [-0.25, -0.2) is 4.98 Å². The first-order valence-electron chi connectivity index (χ1n) is 10.3. The van der Waals surface area contributed by atoms with E-state index in [4.69, 9.17) is 28.2 Å². The van der Waals surface area contributed by atoms with E-state index in [-0.39, 0.29) is 5.69 Å². The second-order valence-corrected chi connectivity index (χ2v) is 8.11. The fourth-order valence-electron chi connectivity index (χ4n) is 3.22. The molecule has 0 N–H and O–H groups in total. The van der Waals surface area contributed by atoms with E-state index in [0.717, 1.165) is 29.1 Å². The van der Waals surface area contributed by atoms with Crippen molar-refractivity contribution >= 4 is 41.0 Å². The van der Waals surface area contributed by atoms with E-state index in [9.17, 15) is 10.1 Å².